The van der Waals surface area contributed by atoms with Gasteiger partial charge in [-0.05, 0) is 48.3 Å². The fraction of sp³-hybridized carbons (Fsp3) is 0.370. The number of ketones is 1. The second-order valence-electron chi connectivity index (χ2n) is 8.86. The number of rotatable bonds is 8. The van der Waals surface area contributed by atoms with E-state index in [1.165, 1.54) is 12.1 Å². The van der Waals surface area contributed by atoms with E-state index in [0.29, 0.717) is 39.7 Å². The van der Waals surface area contributed by atoms with E-state index in [0.717, 1.165) is 11.3 Å². The molecule has 1 aliphatic heterocycles. The van der Waals surface area contributed by atoms with E-state index in [1.54, 1.807) is 30.8 Å². The van der Waals surface area contributed by atoms with Crippen LogP contribution in [-0.2, 0) is 14.3 Å². The van der Waals surface area contributed by atoms with E-state index < -0.39 is 22.7 Å². The van der Waals surface area contributed by atoms with Crippen molar-refractivity contribution >= 4 is 46.5 Å². The molecule has 7 nitrogen and oxygen atoms in total. The largest absolute Gasteiger partial charge is 0.464 e. The summed E-state index contributed by atoms with van der Waals surface area (Å²) in [6.45, 7) is 4.09. The highest BCUT2D eigenvalue weighted by molar-refractivity contribution is 7.99. The number of carbonyl (C=O) groups is 2. The minimum Gasteiger partial charge on any atom is -0.464 e. The number of benzene rings is 2. The Bertz CT molecular complexity index is 1220. The number of aliphatic imine (C=N–C) groups is 1. The van der Waals surface area contributed by atoms with Gasteiger partial charge in [0.1, 0.15) is 12.5 Å². The average Bonchev–Trinajstić information content (AvgIpc) is 2.86. The minimum atomic E-state index is -0.770. The lowest BCUT2D eigenvalue weighted by Gasteiger charge is -2.36. The van der Waals surface area contributed by atoms with Crippen LogP contribution in [0, 0.1) is 16.0 Å². The highest BCUT2D eigenvalue weighted by Gasteiger charge is 2.44. The van der Waals surface area contributed by atoms with Crippen LogP contribution >= 0.6 is 23.4 Å². The first kappa shape index (κ1) is 26.1. The first-order valence-electron chi connectivity index (χ1n) is 11.9. The molecule has 0 saturated heterocycles. The van der Waals surface area contributed by atoms with Gasteiger partial charge in [-0.15, -0.1) is 0 Å². The molecule has 2 aromatic carbocycles. The van der Waals surface area contributed by atoms with Crippen molar-refractivity contribution in [3.05, 3.63) is 86.1 Å². The normalized spacial score (nSPS) is 21.6. The lowest BCUT2D eigenvalue weighted by Crippen LogP contribution is -2.38. The third kappa shape index (κ3) is 5.55. The van der Waals surface area contributed by atoms with Gasteiger partial charge in [0.05, 0.1) is 4.92 Å². The van der Waals surface area contributed by atoms with Gasteiger partial charge in [0.25, 0.3) is 5.69 Å². The van der Waals surface area contributed by atoms with Gasteiger partial charge in [0.2, 0.25) is 0 Å². The van der Waals surface area contributed by atoms with E-state index >= 15 is 0 Å². The molecular weight excluding hydrogens is 500 g/mol. The van der Waals surface area contributed by atoms with E-state index in [2.05, 4.69) is 0 Å². The quantitative estimate of drug-likeness (QED) is 0.178. The number of allylic oxidation sites excluding steroid dienone is 2. The van der Waals surface area contributed by atoms with Crippen LogP contribution in [0.4, 0.5) is 5.69 Å². The molecule has 36 heavy (non-hydrogen) atoms. The van der Waals surface area contributed by atoms with E-state index in [-0.39, 0.29) is 30.4 Å². The van der Waals surface area contributed by atoms with Gasteiger partial charge >= 0.3 is 5.97 Å². The second kappa shape index (κ2) is 11.4. The molecule has 0 bridgehead atoms. The molecule has 3 atom stereocenters. The lowest BCUT2D eigenvalue weighted by molar-refractivity contribution is -0.384. The number of hydrogen-bond acceptors (Lipinski definition) is 7. The Morgan fingerprint density at radius 2 is 1.81 bits per heavy atom. The van der Waals surface area contributed by atoms with Crippen LogP contribution in [0.15, 0.2) is 64.8 Å². The maximum atomic E-state index is 13.6. The van der Waals surface area contributed by atoms with Crippen LogP contribution in [0.5, 0.6) is 0 Å². The summed E-state index contributed by atoms with van der Waals surface area (Å²) in [6.07, 6.45) is 0.839. The third-order valence-corrected chi connectivity index (χ3v) is 7.74. The average molecular weight is 527 g/mol. The molecule has 0 radical (unpaired) electrons. The van der Waals surface area contributed by atoms with Gasteiger partial charge in [-0.25, -0.2) is 0 Å². The summed E-state index contributed by atoms with van der Waals surface area (Å²) >= 11 is 7.71. The van der Waals surface area contributed by atoms with Gasteiger partial charge in [0, 0.05) is 52.2 Å². The number of carbonyl (C=O) groups excluding carboxylic acids is 2. The predicted octanol–water partition coefficient (Wildman–Crippen LogP) is 6.12. The standard InChI is InChI=1S/C27H27ClN2O5S/c1-3-36-13-12-35-27(32)24-16(2)29-22-14-19(17-4-8-20(28)9-5-17)15-23(31)26(22)25(24)18-6-10-21(11-7-18)30(33)34/h4-11,19,24-25H,3,12-15H2,1-2H3. The number of nitro benzene ring substituents is 1. The molecule has 0 saturated carbocycles. The maximum absolute atomic E-state index is 13.6. The van der Waals surface area contributed by atoms with Crippen molar-refractivity contribution < 1.29 is 19.2 Å². The number of nitro groups is 1. The van der Waals surface area contributed by atoms with E-state index in [1.807, 2.05) is 31.2 Å². The van der Waals surface area contributed by atoms with Gasteiger partial charge in [-0.2, -0.15) is 11.8 Å². The highest BCUT2D eigenvalue weighted by Crippen LogP contribution is 2.47. The zero-order chi connectivity index (χ0) is 25.8. The summed E-state index contributed by atoms with van der Waals surface area (Å²) in [6, 6.07) is 13.5. The van der Waals surface area contributed by atoms with Crippen molar-refractivity contribution in [1.82, 2.24) is 0 Å². The first-order valence-corrected chi connectivity index (χ1v) is 13.4. The molecule has 2 aromatic rings. The molecule has 1 heterocycles. The number of ether oxygens (including phenoxy) is 1. The Hall–Kier alpha value is -2.97. The Morgan fingerprint density at radius 3 is 2.44 bits per heavy atom. The van der Waals surface area contributed by atoms with Crippen LogP contribution in [0.2, 0.25) is 5.02 Å². The Labute approximate surface area is 219 Å². The van der Waals surface area contributed by atoms with Gasteiger partial charge < -0.3 is 4.74 Å². The topological polar surface area (TPSA) is 98.9 Å². The molecule has 4 rings (SSSR count). The first-order chi connectivity index (χ1) is 17.3. The summed E-state index contributed by atoms with van der Waals surface area (Å²) in [5.41, 5.74) is 3.36. The fourth-order valence-corrected chi connectivity index (χ4v) is 5.55. The van der Waals surface area contributed by atoms with Crippen molar-refractivity contribution in [3.8, 4) is 0 Å². The summed E-state index contributed by atoms with van der Waals surface area (Å²) in [7, 11) is 0. The molecule has 0 spiro atoms. The Balaban J connectivity index is 1.72. The SMILES string of the molecule is CCSCCOC(=O)C1C(C)=NC2=C(C(=O)CC(c3ccc(Cl)cc3)C2)C1c1ccc([N+](=O)[O-])cc1. The predicted molar refractivity (Wildman–Crippen MR) is 142 cm³/mol. The molecular formula is C27H27ClN2O5S. The monoisotopic (exact) mass is 526 g/mol. The number of halogens is 1. The number of hydrogen-bond donors (Lipinski definition) is 0. The number of Topliss-reactive ketones (excluding diaryl/α,β-unsaturated/α-hetero) is 1. The number of esters is 1. The fourth-order valence-electron chi connectivity index (χ4n) is 4.93. The highest BCUT2D eigenvalue weighted by atomic mass is 35.5. The molecule has 1 aliphatic carbocycles. The van der Waals surface area contributed by atoms with Crippen molar-refractivity contribution in [2.45, 2.75) is 38.5 Å². The van der Waals surface area contributed by atoms with E-state index in [4.69, 9.17) is 21.3 Å². The summed E-state index contributed by atoms with van der Waals surface area (Å²) in [5.74, 6) is -0.325. The van der Waals surface area contributed by atoms with Crippen molar-refractivity contribution in [1.29, 1.82) is 0 Å². The smallest absolute Gasteiger partial charge is 0.315 e. The van der Waals surface area contributed by atoms with Crippen LogP contribution in [0.25, 0.3) is 0 Å². The van der Waals surface area contributed by atoms with Crippen LogP contribution < -0.4 is 0 Å². The molecule has 0 aromatic heterocycles. The molecule has 3 unspecified atom stereocenters. The Kier molecular flexibility index (Phi) is 8.26. The zero-order valence-electron chi connectivity index (χ0n) is 20.1. The maximum Gasteiger partial charge on any atom is 0.315 e. The van der Waals surface area contributed by atoms with Crippen LogP contribution in [-0.4, -0.2) is 40.5 Å². The van der Waals surface area contributed by atoms with Gasteiger partial charge in [-0.3, -0.25) is 24.7 Å². The second-order valence-corrected chi connectivity index (χ2v) is 10.7. The molecule has 0 fully saturated rings. The third-order valence-electron chi connectivity index (χ3n) is 6.62. The Morgan fingerprint density at radius 1 is 1.14 bits per heavy atom. The summed E-state index contributed by atoms with van der Waals surface area (Å²) < 4.78 is 5.59. The summed E-state index contributed by atoms with van der Waals surface area (Å²) in [5, 5.41) is 11.8. The van der Waals surface area contributed by atoms with Crippen molar-refractivity contribution in [2.24, 2.45) is 10.9 Å². The lowest BCUT2D eigenvalue weighted by atomic mass is 9.69. The number of nitrogens with zero attached hydrogens (tertiary/aromatic N) is 2. The molecule has 9 heteroatoms. The molecule has 0 N–H and O–H groups in total. The van der Waals surface area contributed by atoms with Gasteiger partial charge in [-0.1, -0.05) is 42.8 Å². The van der Waals surface area contributed by atoms with Crippen molar-refractivity contribution in [3.63, 3.8) is 0 Å². The zero-order valence-corrected chi connectivity index (χ0v) is 21.7. The molecule has 188 valence electrons. The van der Waals surface area contributed by atoms with Crippen molar-refractivity contribution in [2.75, 3.05) is 18.1 Å². The number of thioether (sulfide) groups is 1. The van der Waals surface area contributed by atoms with Crippen LogP contribution in [0.3, 0.4) is 0 Å². The summed E-state index contributed by atoms with van der Waals surface area (Å²) in [4.78, 5) is 42.3. The van der Waals surface area contributed by atoms with Crippen LogP contribution in [0.1, 0.15) is 49.7 Å². The minimum absolute atomic E-state index is 0.0443. The van der Waals surface area contributed by atoms with E-state index in [9.17, 15) is 19.7 Å². The molecule has 2 aliphatic rings. The number of non-ortho nitro benzene ring substituents is 1. The molecule has 0 amide bonds. The van der Waals surface area contributed by atoms with Gasteiger partial charge in [0.15, 0.2) is 5.78 Å².